The summed E-state index contributed by atoms with van der Waals surface area (Å²) < 4.78 is 33.5. The molecular formula is C55H92O15. The minimum Gasteiger partial charge on any atom is -0.462 e. The van der Waals surface area contributed by atoms with Gasteiger partial charge in [-0.3, -0.25) is 9.59 Å². The average Bonchev–Trinajstić information content (AvgIpc) is 3.35. The zero-order valence-corrected chi connectivity index (χ0v) is 42.5. The van der Waals surface area contributed by atoms with Crippen LogP contribution in [0.2, 0.25) is 0 Å². The van der Waals surface area contributed by atoms with E-state index in [4.69, 9.17) is 28.4 Å². The lowest BCUT2D eigenvalue weighted by Crippen LogP contribution is -2.61. The number of carbonyl (C=O) groups is 2. The van der Waals surface area contributed by atoms with Gasteiger partial charge >= 0.3 is 11.9 Å². The van der Waals surface area contributed by atoms with Crippen LogP contribution in [0.1, 0.15) is 168 Å². The van der Waals surface area contributed by atoms with Gasteiger partial charge in [-0.25, -0.2) is 0 Å². The van der Waals surface area contributed by atoms with E-state index in [0.717, 1.165) is 57.8 Å². The third-order valence-corrected chi connectivity index (χ3v) is 12.2. The maximum absolute atomic E-state index is 13.0. The number of aliphatic hydroxyl groups excluding tert-OH is 7. The summed E-state index contributed by atoms with van der Waals surface area (Å²) in [4.78, 5) is 25.8. The predicted molar refractivity (Wildman–Crippen MR) is 270 cm³/mol. The van der Waals surface area contributed by atoms with Crippen LogP contribution >= 0.6 is 0 Å². The molecule has 7 N–H and O–H groups in total. The lowest BCUT2D eigenvalue weighted by molar-refractivity contribution is -0.332. The molecule has 15 heteroatoms. The lowest BCUT2D eigenvalue weighted by Gasteiger charge is -2.42. The van der Waals surface area contributed by atoms with Crippen LogP contribution in [0, 0.1) is 0 Å². The number of hydrogen-bond donors (Lipinski definition) is 7. The van der Waals surface area contributed by atoms with E-state index >= 15 is 0 Å². The zero-order chi connectivity index (χ0) is 51.0. The monoisotopic (exact) mass is 993 g/mol. The maximum Gasteiger partial charge on any atom is 0.306 e. The molecule has 11 atom stereocenters. The van der Waals surface area contributed by atoms with E-state index in [1.807, 2.05) is 12.2 Å². The number of hydrogen-bond acceptors (Lipinski definition) is 15. The number of ether oxygens (including phenoxy) is 6. The van der Waals surface area contributed by atoms with Crippen molar-refractivity contribution in [3.8, 4) is 0 Å². The summed E-state index contributed by atoms with van der Waals surface area (Å²) in [7, 11) is 0. The van der Waals surface area contributed by atoms with Crippen molar-refractivity contribution in [3.05, 3.63) is 72.9 Å². The molecule has 0 aliphatic carbocycles. The van der Waals surface area contributed by atoms with Crippen molar-refractivity contribution in [1.82, 2.24) is 0 Å². The summed E-state index contributed by atoms with van der Waals surface area (Å²) in [6, 6.07) is 0. The quantitative estimate of drug-likeness (QED) is 0.0176. The Kier molecular flexibility index (Phi) is 37.3. The van der Waals surface area contributed by atoms with Crippen LogP contribution in [0.4, 0.5) is 0 Å². The van der Waals surface area contributed by atoms with Gasteiger partial charge in [0.05, 0.1) is 19.8 Å². The van der Waals surface area contributed by atoms with E-state index in [9.17, 15) is 45.3 Å². The molecule has 2 rings (SSSR count). The molecule has 70 heavy (non-hydrogen) atoms. The molecule has 2 saturated heterocycles. The van der Waals surface area contributed by atoms with Crippen molar-refractivity contribution < 1.29 is 73.8 Å². The molecule has 0 amide bonds. The number of esters is 2. The fourth-order valence-corrected chi connectivity index (χ4v) is 7.89. The normalized spacial score (nSPS) is 26.0. The Morgan fingerprint density at radius 3 is 1.39 bits per heavy atom. The minimum absolute atomic E-state index is 0.0907. The van der Waals surface area contributed by atoms with Crippen LogP contribution in [-0.2, 0) is 38.0 Å². The molecule has 0 spiro atoms. The summed E-state index contributed by atoms with van der Waals surface area (Å²) in [6.45, 7) is 2.40. The standard InChI is InChI=1S/C55H92O15/c1-3-5-7-9-11-13-15-17-19-20-21-22-24-25-27-29-31-33-35-37-46(57)65-40-43(68-47(58)38-36-34-32-30-28-26-23-18-16-14-12-10-8-6-4-2)41-66-54-53(64)51(62)49(60)45(70-54)42-67-55-52(63)50(61)48(59)44(39-56)69-55/h5,7,11,13,17,19,21-22,25,27,31,33,43-45,48-56,59-64H,3-4,6,8-10,12,14-16,18,20,23-24,26,28-30,32,34-42H2,1-2H3/b7-5+,13-11+,19-17+,22-21+,27-25+,33-31+/t43-,44+,45+,48-,49-,50?,51?,52?,53?,54+,55+/m0/s1. The summed E-state index contributed by atoms with van der Waals surface area (Å²) in [5.74, 6) is -1.02. The first-order valence-electron chi connectivity index (χ1n) is 26.5. The number of allylic oxidation sites excluding steroid dienone is 12. The zero-order valence-electron chi connectivity index (χ0n) is 42.5. The predicted octanol–water partition coefficient (Wildman–Crippen LogP) is 7.82. The molecule has 0 radical (unpaired) electrons. The molecule has 4 unspecified atom stereocenters. The molecule has 15 nitrogen and oxygen atoms in total. The summed E-state index contributed by atoms with van der Waals surface area (Å²) in [6.07, 6.45) is 32.2. The summed E-state index contributed by atoms with van der Waals surface area (Å²) in [5, 5.41) is 72.1. The highest BCUT2D eigenvalue weighted by atomic mass is 16.7. The maximum atomic E-state index is 13.0. The Morgan fingerprint density at radius 2 is 0.900 bits per heavy atom. The molecule has 2 aliphatic heterocycles. The van der Waals surface area contributed by atoms with Gasteiger partial charge in [-0.2, -0.15) is 0 Å². The van der Waals surface area contributed by atoms with E-state index in [-0.39, 0.29) is 19.4 Å². The van der Waals surface area contributed by atoms with Gasteiger partial charge in [0.1, 0.15) is 55.4 Å². The van der Waals surface area contributed by atoms with Crippen LogP contribution in [-0.4, -0.2) is 142 Å². The Bertz CT molecular complexity index is 1490. The fourth-order valence-electron chi connectivity index (χ4n) is 7.89. The van der Waals surface area contributed by atoms with Crippen LogP contribution in [0.3, 0.4) is 0 Å². The first kappa shape index (κ1) is 63.1. The third-order valence-electron chi connectivity index (χ3n) is 12.2. The van der Waals surface area contributed by atoms with E-state index in [1.165, 1.54) is 70.6 Å². The number of unbranched alkanes of at least 4 members (excludes halogenated alkanes) is 14. The van der Waals surface area contributed by atoms with Crippen LogP contribution < -0.4 is 0 Å². The van der Waals surface area contributed by atoms with Crippen LogP contribution in [0.5, 0.6) is 0 Å². The molecule has 0 bridgehead atoms. The first-order valence-corrected chi connectivity index (χ1v) is 26.5. The lowest BCUT2D eigenvalue weighted by atomic mass is 9.98. The second-order valence-electron chi connectivity index (χ2n) is 18.3. The molecule has 0 aromatic heterocycles. The molecular weight excluding hydrogens is 901 g/mol. The van der Waals surface area contributed by atoms with Crippen LogP contribution in [0.25, 0.3) is 0 Å². The molecule has 2 fully saturated rings. The van der Waals surface area contributed by atoms with E-state index in [0.29, 0.717) is 12.8 Å². The highest BCUT2D eigenvalue weighted by Gasteiger charge is 2.47. The molecule has 0 aromatic rings. The van der Waals surface area contributed by atoms with Gasteiger partial charge in [-0.15, -0.1) is 0 Å². The number of aliphatic hydroxyl groups is 7. The molecule has 0 saturated carbocycles. The second kappa shape index (κ2) is 41.4. The van der Waals surface area contributed by atoms with Gasteiger partial charge in [0.25, 0.3) is 0 Å². The molecule has 0 aromatic carbocycles. The van der Waals surface area contributed by atoms with Crippen molar-refractivity contribution in [1.29, 1.82) is 0 Å². The minimum atomic E-state index is -1.78. The van der Waals surface area contributed by atoms with Crippen LogP contribution in [0.15, 0.2) is 72.9 Å². The van der Waals surface area contributed by atoms with Gasteiger partial charge in [0.15, 0.2) is 18.7 Å². The van der Waals surface area contributed by atoms with Gasteiger partial charge in [0, 0.05) is 12.8 Å². The van der Waals surface area contributed by atoms with E-state index in [2.05, 4.69) is 74.6 Å². The Labute approximate surface area is 419 Å². The Morgan fingerprint density at radius 1 is 0.471 bits per heavy atom. The van der Waals surface area contributed by atoms with Crippen molar-refractivity contribution in [2.45, 2.75) is 235 Å². The summed E-state index contributed by atoms with van der Waals surface area (Å²) >= 11 is 0. The van der Waals surface area contributed by atoms with Gasteiger partial charge in [-0.05, 0) is 51.4 Å². The average molecular weight is 993 g/mol. The van der Waals surface area contributed by atoms with Crippen molar-refractivity contribution >= 4 is 11.9 Å². The smallest absolute Gasteiger partial charge is 0.306 e. The van der Waals surface area contributed by atoms with Gasteiger partial charge in [-0.1, -0.05) is 177 Å². The number of rotatable bonds is 40. The Balaban J connectivity index is 1.83. The fraction of sp³-hybridized carbons (Fsp3) is 0.745. The highest BCUT2D eigenvalue weighted by molar-refractivity contribution is 5.70. The van der Waals surface area contributed by atoms with Gasteiger partial charge in [0.2, 0.25) is 0 Å². The molecule has 402 valence electrons. The highest BCUT2D eigenvalue weighted by Crippen LogP contribution is 2.26. The SMILES string of the molecule is CC/C=C/C/C=C/C/C=C/C/C=C/C/C=C/C/C=C/CCC(=O)OC[C@@H](CO[C@@H]1O[C@H](CO[C@@H]2O[C@H](CO)[C@H](O)C(O)C2O)[C@H](O)C(O)C1O)OC(=O)CCCCCCCCCCCCCCCCC. The number of carbonyl (C=O) groups excluding carboxylic acids is 2. The Hall–Kier alpha value is -3.06. The molecule has 2 aliphatic rings. The van der Waals surface area contributed by atoms with Crippen molar-refractivity contribution in [3.63, 3.8) is 0 Å². The third kappa shape index (κ3) is 28.8. The van der Waals surface area contributed by atoms with Crippen molar-refractivity contribution in [2.24, 2.45) is 0 Å². The first-order chi connectivity index (χ1) is 34.0. The van der Waals surface area contributed by atoms with Gasteiger partial charge < -0.3 is 64.2 Å². The topological polar surface area (TPSA) is 231 Å². The van der Waals surface area contributed by atoms with Crippen molar-refractivity contribution in [2.75, 3.05) is 26.4 Å². The largest absolute Gasteiger partial charge is 0.462 e. The summed E-state index contributed by atoms with van der Waals surface area (Å²) in [5.41, 5.74) is 0. The van der Waals surface area contributed by atoms with E-state index in [1.54, 1.807) is 0 Å². The van der Waals surface area contributed by atoms with E-state index < -0.39 is 99.3 Å². The molecule has 2 heterocycles. The second-order valence-corrected chi connectivity index (χ2v) is 18.3.